The van der Waals surface area contributed by atoms with Crippen LogP contribution in [-0.2, 0) is 0 Å². The zero-order valence-electron chi connectivity index (χ0n) is 9.06. The normalized spacial score (nSPS) is 10.1. The van der Waals surface area contributed by atoms with E-state index in [9.17, 15) is 14.3 Å². The summed E-state index contributed by atoms with van der Waals surface area (Å²) in [6, 6.07) is 8.33. The summed E-state index contributed by atoms with van der Waals surface area (Å²) in [5.41, 5.74) is 0.326. The van der Waals surface area contributed by atoms with Crippen molar-refractivity contribution in [2.45, 2.75) is 0 Å². The molecule has 3 nitrogen and oxygen atoms in total. The van der Waals surface area contributed by atoms with Gasteiger partial charge in [-0.25, -0.2) is 4.39 Å². The molecule has 0 radical (unpaired) electrons. The summed E-state index contributed by atoms with van der Waals surface area (Å²) < 4.78 is 18.4. The molecule has 18 heavy (non-hydrogen) atoms. The Balaban J connectivity index is 2.31. The maximum absolute atomic E-state index is 13.1. The molecule has 0 spiro atoms. The predicted octanol–water partition coefficient (Wildman–Crippen LogP) is 3.79. The van der Waals surface area contributed by atoms with E-state index in [1.54, 1.807) is 0 Å². The average molecular weight is 267 g/mol. The van der Waals surface area contributed by atoms with Crippen molar-refractivity contribution in [1.82, 2.24) is 0 Å². The highest BCUT2D eigenvalue weighted by atomic mass is 35.5. The lowest BCUT2D eigenvalue weighted by molar-refractivity contribution is 0.112. The second kappa shape index (κ2) is 5.06. The molecule has 0 fully saturated rings. The summed E-state index contributed by atoms with van der Waals surface area (Å²) in [6.07, 6.45) is 0.617. The maximum Gasteiger partial charge on any atom is 0.194 e. The minimum Gasteiger partial charge on any atom is -0.502 e. The van der Waals surface area contributed by atoms with E-state index in [0.29, 0.717) is 17.6 Å². The summed E-state index contributed by atoms with van der Waals surface area (Å²) in [7, 11) is 0. The van der Waals surface area contributed by atoms with E-state index in [1.165, 1.54) is 30.3 Å². The number of carbonyl (C=O) groups excluding carboxylic acids is 1. The molecule has 0 saturated heterocycles. The van der Waals surface area contributed by atoms with Gasteiger partial charge in [0.25, 0.3) is 0 Å². The smallest absolute Gasteiger partial charge is 0.194 e. The summed E-state index contributed by atoms with van der Waals surface area (Å²) >= 11 is 5.82. The van der Waals surface area contributed by atoms with Crippen molar-refractivity contribution in [2.24, 2.45) is 0 Å². The highest BCUT2D eigenvalue weighted by Gasteiger charge is 2.09. The third-order valence-electron chi connectivity index (χ3n) is 2.28. The first kappa shape index (κ1) is 12.4. The molecule has 0 saturated carbocycles. The zero-order chi connectivity index (χ0) is 13.1. The Kier molecular flexibility index (Phi) is 3.48. The van der Waals surface area contributed by atoms with Gasteiger partial charge in [0.05, 0.1) is 5.02 Å². The highest BCUT2D eigenvalue weighted by Crippen LogP contribution is 2.33. The van der Waals surface area contributed by atoms with Crippen LogP contribution in [0.5, 0.6) is 17.2 Å². The van der Waals surface area contributed by atoms with Crippen LogP contribution in [0.3, 0.4) is 0 Å². The zero-order valence-corrected chi connectivity index (χ0v) is 9.82. The summed E-state index contributed by atoms with van der Waals surface area (Å²) in [6.45, 7) is 0. The van der Waals surface area contributed by atoms with Crippen molar-refractivity contribution < 1.29 is 19.0 Å². The SMILES string of the molecule is O=Cc1ccc(Oc2cccc(F)c2O)cc1Cl. The van der Waals surface area contributed by atoms with Gasteiger partial charge < -0.3 is 9.84 Å². The Bertz CT molecular complexity index is 599. The van der Waals surface area contributed by atoms with E-state index in [0.717, 1.165) is 6.07 Å². The Morgan fingerprint density at radius 2 is 2.06 bits per heavy atom. The molecule has 0 aliphatic heterocycles. The number of para-hydroxylation sites is 1. The van der Waals surface area contributed by atoms with Gasteiger partial charge >= 0.3 is 0 Å². The van der Waals surface area contributed by atoms with E-state index in [1.807, 2.05) is 0 Å². The number of phenolic OH excluding ortho intramolecular Hbond substituents is 1. The molecule has 2 rings (SSSR count). The third-order valence-corrected chi connectivity index (χ3v) is 2.60. The molecule has 0 unspecified atom stereocenters. The van der Waals surface area contributed by atoms with Crippen LogP contribution in [0.2, 0.25) is 5.02 Å². The van der Waals surface area contributed by atoms with E-state index in [4.69, 9.17) is 16.3 Å². The Labute approximate surface area is 107 Å². The fourth-order valence-corrected chi connectivity index (χ4v) is 1.59. The molecule has 0 heterocycles. The monoisotopic (exact) mass is 266 g/mol. The first-order valence-corrected chi connectivity index (χ1v) is 5.39. The molecule has 5 heteroatoms. The average Bonchev–Trinajstić information content (AvgIpc) is 2.35. The first-order valence-electron chi connectivity index (χ1n) is 5.02. The number of carbonyl (C=O) groups is 1. The minimum atomic E-state index is -0.775. The molecule has 0 aromatic heterocycles. The van der Waals surface area contributed by atoms with E-state index >= 15 is 0 Å². The van der Waals surface area contributed by atoms with Gasteiger partial charge in [0.1, 0.15) is 5.75 Å². The molecule has 0 aliphatic carbocycles. The molecule has 0 bridgehead atoms. The summed E-state index contributed by atoms with van der Waals surface area (Å²) in [5.74, 6) is -1.08. The second-order valence-corrected chi connectivity index (χ2v) is 3.90. The molecule has 92 valence electrons. The van der Waals surface area contributed by atoms with Crippen LogP contribution in [0.4, 0.5) is 4.39 Å². The van der Waals surface area contributed by atoms with E-state index in [-0.39, 0.29) is 10.8 Å². The van der Waals surface area contributed by atoms with Gasteiger partial charge in [0.2, 0.25) is 0 Å². The van der Waals surface area contributed by atoms with Crippen molar-refractivity contribution in [3.05, 3.63) is 52.8 Å². The quantitative estimate of drug-likeness (QED) is 0.860. The third kappa shape index (κ3) is 2.43. The Morgan fingerprint density at radius 3 is 2.72 bits per heavy atom. The van der Waals surface area contributed by atoms with Gasteiger partial charge in [-0.1, -0.05) is 17.7 Å². The molecule has 2 aromatic carbocycles. The lowest BCUT2D eigenvalue weighted by Crippen LogP contribution is -1.88. The second-order valence-electron chi connectivity index (χ2n) is 3.49. The van der Waals surface area contributed by atoms with Crippen LogP contribution >= 0.6 is 11.6 Å². The van der Waals surface area contributed by atoms with Crippen molar-refractivity contribution in [3.63, 3.8) is 0 Å². The number of halogens is 2. The topological polar surface area (TPSA) is 46.5 Å². The Hall–Kier alpha value is -2.07. The van der Waals surface area contributed by atoms with Crippen LogP contribution in [0, 0.1) is 5.82 Å². The number of ether oxygens (including phenoxy) is 1. The van der Waals surface area contributed by atoms with Gasteiger partial charge in [-0.05, 0) is 24.3 Å². The molecular weight excluding hydrogens is 259 g/mol. The lowest BCUT2D eigenvalue weighted by Gasteiger charge is -2.08. The van der Waals surface area contributed by atoms with Crippen molar-refractivity contribution in [1.29, 1.82) is 0 Å². The molecule has 2 aromatic rings. The van der Waals surface area contributed by atoms with Crippen LogP contribution in [-0.4, -0.2) is 11.4 Å². The van der Waals surface area contributed by atoms with E-state index in [2.05, 4.69) is 0 Å². The fourth-order valence-electron chi connectivity index (χ4n) is 1.37. The molecule has 1 N–H and O–H groups in total. The molecule has 0 amide bonds. The number of phenols is 1. The van der Waals surface area contributed by atoms with Crippen LogP contribution in [0.15, 0.2) is 36.4 Å². The van der Waals surface area contributed by atoms with Crippen LogP contribution in [0.1, 0.15) is 10.4 Å². The van der Waals surface area contributed by atoms with Gasteiger partial charge in [-0.2, -0.15) is 0 Å². The van der Waals surface area contributed by atoms with Gasteiger partial charge in [0.15, 0.2) is 23.6 Å². The lowest BCUT2D eigenvalue weighted by atomic mass is 10.2. The number of hydrogen-bond acceptors (Lipinski definition) is 3. The van der Waals surface area contributed by atoms with Crippen LogP contribution < -0.4 is 4.74 Å². The number of rotatable bonds is 3. The van der Waals surface area contributed by atoms with E-state index < -0.39 is 11.6 Å². The van der Waals surface area contributed by atoms with Gasteiger partial charge in [0, 0.05) is 11.6 Å². The largest absolute Gasteiger partial charge is 0.502 e. The van der Waals surface area contributed by atoms with Gasteiger partial charge in [-0.3, -0.25) is 4.79 Å². The fraction of sp³-hybridized carbons (Fsp3) is 0. The number of aromatic hydroxyl groups is 1. The van der Waals surface area contributed by atoms with Gasteiger partial charge in [-0.15, -0.1) is 0 Å². The van der Waals surface area contributed by atoms with Crippen molar-refractivity contribution >= 4 is 17.9 Å². The summed E-state index contributed by atoms with van der Waals surface area (Å²) in [5, 5.41) is 9.66. The van der Waals surface area contributed by atoms with Crippen molar-refractivity contribution in [2.75, 3.05) is 0 Å². The molecular formula is C13H8ClFO3. The first-order chi connectivity index (χ1) is 8.61. The Morgan fingerprint density at radius 1 is 1.28 bits per heavy atom. The van der Waals surface area contributed by atoms with Crippen LogP contribution in [0.25, 0.3) is 0 Å². The highest BCUT2D eigenvalue weighted by molar-refractivity contribution is 6.33. The predicted molar refractivity (Wildman–Crippen MR) is 65.0 cm³/mol. The molecule has 0 atom stereocenters. The summed E-state index contributed by atoms with van der Waals surface area (Å²) in [4.78, 5) is 10.6. The number of benzene rings is 2. The number of hydrogen-bond donors (Lipinski definition) is 1. The minimum absolute atomic E-state index is 0.0232. The number of aldehydes is 1. The van der Waals surface area contributed by atoms with Crippen molar-refractivity contribution in [3.8, 4) is 17.2 Å². The molecule has 0 aliphatic rings. The standard InChI is InChI=1S/C13H8ClFO3/c14-10-6-9(5-4-8(10)7-16)18-12-3-1-2-11(15)13(12)17/h1-7,17H. The maximum atomic E-state index is 13.1.